The maximum atomic E-state index is 13.8. The molecule has 0 aliphatic rings. The molecule has 0 aliphatic heterocycles. The van der Waals surface area contributed by atoms with Gasteiger partial charge in [-0.25, -0.2) is 19.5 Å². The molecule has 2 rings (SSSR count). The summed E-state index contributed by atoms with van der Waals surface area (Å²) >= 11 is 5.66. The molecule has 1 aromatic carbocycles. The number of methoxy groups -OCH3 is 1. The summed E-state index contributed by atoms with van der Waals surface area (Å²) in [6, 6.07) is 6.73. The summed E-state index contributed by atoms with van der Waals surface area (Å²) in [5, 5.41) is 3.55. The van der Waals surface area contributed by atoms with Crippen molar-refractivity contribution >= 4 is 29.3 Å². The van der Waals surface area contributed by atoms with Gasteiger partial charge in [0.15, 0.2) is 0 Å². The van der Waals surface area contributed by atoms with Gasteiger partial charge in [-0.15, -0.1) is 0 Å². The van der Waals surface area contributed by atoms with Gasteiger partial charge in [-0.1, -0.05) is 23.7 Å². The van der Waals surface area contributed by atoms with Crippen molar-refractivity contribution in [2.75, 3.05) is 12.4 Å². The summed E-state index contributed by atoms with van der Waals surface area (Å²) in [5.41, 5.74) is -4.37. The molecule has 0 bridgehead atoms. The molecule has 2 aromatic rings. The molecule has 1 amide bonds. The minimum Gasteiger partial charge on any atom is -0.464 e. The zero-order valence-corrected chi connectivity index (χ0v) is 14.4. The molecule has 11 heteroatoms. The zero-order valence-electron chi connectivity index (χ0n) is 13.7. The summed E-state index contributed by atoms with van der Waals surface area (Å²) in [4.78, 5) is 26.7. The average molecular weight is 407 g/mol. The molecule has 0 radical (unpaired) electrons. The number of anilines is 1. The quantitative estimate of drug-likeness (QED) is 0.454. The first-order valence-electron chi connectivity index (χ1n) is 7.28. The molecule has 1 aromatic heterocycles. The predicted octanol–water partition coefficient (Wildman–Crippen LogP) is 2.57. The largest absolute Gasteiger partial charge is 0.464 e. The van der Waals surface area contributed by atoms with E-state index in [-0.39, 0.29) is 10.8 Å². The van der Waals surface area contributed by atoms with Gasteiger partial charge in [-0.05, 0) is 18.2 Å². The lowest BCUT2D eigenvalue weighted by molar-refractivity contribution is -0.362. The third-order valence-corrected chi connectivity index (χ3v) is 3.67. The number of pyridine rings is 1. The Balaban J connectivity index is 2.50. The van der Waals surface area contributed by atoms with Crippen LogP contribution < -0.4 is 15.6 Å². The first kappa shape index (κ1) is 20.4. The van der Waals surface area contributed by atoms with Crippen LogP contribution in [-0.4, -0.2) is 30.8 Å². The fraction of sp³-hybridized carbons (Fsp3) is 0.188. The van der Waals surface area contributed by atoms with Crippen LogP contribution in [-0.2, 0) is 9.53 Å². The van der Waals surface area contributed by atoms with Gasteiger partial charge in [-0.2, -0.15) is 13.2 Å². The normalized spacial score (nSPS) is 13.4. The second-order valence-corrected chi connectivity index (χ2v) is 5.66. The van der Waals surface area contributed by atoms with Gasteiger partial charge < -0.3 is 4.74 Å². The number of alkyl halides is 3. The first-order valence-corrected chi connectivity index (χ1v) is 7.66. The molecular formula is C16H13ClF4N3O3+. The van der Waals surface area contributed by atoms with E-state index in [1.807, 2.05) is 5.32 Å². The minimum atomic E-state index is -5.35. The number of hydrogen-bond acceptors (Lipinski definition) is 4. The van der Waals surface area contributed by atoms with Crippen molar-refractivity contribution in [1.82, 2.24) is 5.32 Å². The van der Waals surface area contributed by atoms with E-state index in [0.717, 1.165) is 24.4 Å². The highest BCUT2D eigenvalue weighted by Gasteiger charge is 2.67. The number of rotatable bonds is 5. The minimum absolute atomic E-state index is 0.187. The lowest BCUT2D eigenvalue weighted by Gasteiger charge is -2.30. The van der Waals surface area contributed by atoms with Crippen LogP contribution >= 0.6 is 11.6 Å². The van der Waals surface area contributed by atoms with E-state index in [2.05, 4.69) is 9.72 Å². The highest BCUT2D eigenvalue weighted by atomic mass is 35.5. The van der Waals surface area contributed by atoms with Crippen molar-refractivity contribution in [3.63, 3.8) is 0 Å². The summed E-state index contributed by atoms with van der Waals surface area (Å²) in [7, 11) is 0.714. The number of aromatic nitrogens is 1. The van der Waals surface area contributed by atoms with Gasteiger partial charge in [-0.3, -0.25) is 10.1 Å². The van der Waals surface area contributed by atoms with Crippen molar-refractivity contribution in [3.8, 4) is 0 Å². The van der Waals surface area contributed by atoms with Crippen LogP contribution in [0.4, 0.5) is 23.4 Å². The second-order valence-electron chi connectivity index (χ2n) is 5.22. The van der Waals surface area contributed by atoms with Crippen LogP contribution in [0.15, 0.2) is 42.6 Å². The van der Waals surface area contributed by atoms with Gasteiger partial charge in [0.25, 0.3) is 11.7 Å². The molecule has 0 spiro atoms. The highest BCUT2D eigenvalue weighted by Crippen LogP contribution is 2.32. The molecule has 0 fully saturated rings. The molecule has 0 saturated heterocycles. The van der Waals surface area contributed by atoms with Crippen molar-refractivity contribution in [2.45, 2.75) is 11.8 Å². The number of carbonyl (C=O) groups excluding carboxylic acids is 2. The van der Waals surface area contributed by atoms with E-state index >= 15 is 0 Å². The van der Waals surface area contributed by atoms with Gasteiger partial charge >= 0.3 is 17.8 Å². The Kier molecular flexibility index (Phi) is 5.89. The number of benzene rings is 1. The third-order valence-electron chi connectivity index (χ3n) is 3.43. The van der Waals surface area contributed by atoms with Crippen LogP contribution in [0.1, 0.15) is 10.4 Å². The Hall–Kier alpha value is -2.88. The Labute approximate surface area is 155 Å². The summed E-state index contributed by atoms with van der Waals surface area (Å²) in [5.74, 6) is -4.70. The zero-order chi connectivity index (χ0) is 20.2. The average Bonchev–Trinajstić information content (AvgIpc) is 2.61. The van der Waals surface area contributed by atoms with E-state index in [4.69, 9.17) is 11.6 Å². The number of halogens is 5. The van der Waals surface area contributed by atoms with E-state index < -0.39 is 35.1 Å². The fourth-order valence-corrected chi connectivity index (χ4v) is 2.23. The van der Waals surface area contributed by atoms with E-state index in [9.17, 15) is 27.2 Å². The molecule has 27 heavy (non-hydrogen) atoms. The number of nitrogens with one attached hydrogen (secondary N) is 3. The van der Waals surface area contributed by atoms with Gasteiger partial charge in [0.2, 0.25) is 0 Å². The third kappa shape index (κ3) is 4.27. The Morgan fingerprint density at radius 2 is 1.81 bits per heavy atom. The van der Waals surface area contributed by atoms with Crippen molar-refractivity contribution in [3.05, 3.63) is 59.0 Å². The summed E-state index contributed by atoms with van der Waals surface area (Å²) in [6.45, 7) is 0. The second kappa shape index (κ2) is 7.78. The van der Waals surface area contributed by atoms with E-state index in [1.54, 1.807) is 0 Å². The Morgan fingerprint density at radius 3 is 2.33 bits per heavy atom. The maximum absolute atomic E-state index is 13.8. The molecular weight excluding hydrogens is 394 g/mol. The number of carbonyl (C=O) groups is 2. The standard InChI is InChI=1S/C16H12ClF4N3O3/c1-27-14(26)15(16(19,20)21,23-12-7-6-9(17)8-22-12)24-13(25)10-4-2-3-5-11(10)18/h2-8H,1H3,(H,22,23)(H,24,25)/p+1/t15-/m0/s1. The van der Waals surface area contributed by atoms with E-state index in [0.29, 0.717) is 7.11 Å². The number of H-pyrrole nitrogens is 1. The van der Waals surface area contributed by atoms with Crippen molar-refractivity contribution in [1.29, 1.82) is 0 Å². The topological polar surface area (TPSA) is 81.6 Å². The molecule has 1 atom stereocenters. The lowest BCUT2D eigenvalue weighted by atomic mass is 10.1. The molecule has 6 nitrogen and oxygen atoms in total. The van der Waals surface area contributed by atoms with Gasteiger partial charge in [0, 0.05) is 6.07 Å². The number of esters is 1. The number of amides is 1. The number of hydrogen-bond donors (Lipinski definition) is 2. The Morgan fingerprint density at radius 1 is 1.15 bits per heavy atom. The van der Waals surface area contributed by atoms with Crippen LogP contribution in [0.5, 0.6) is 0 Å². The number of aromatic amines is 1. The molecule has 3 N–H and O–H groups in total. The fourth-order valence-electron chi connectivity index (χ4n) is 2.11. The highest BCUT2D eigenvalue weighted by molar-refractivity contribution is 6.30. The van der Waals surface area contributed by atoms with Gasteiger partial charge in [0.1, 0.15) is 12.0 Å². The lowest BCUT2D eigenvalue weighted by Crippen LogP contribution is -2.69. The maximum Gasteiger partial charge on any atom is 0.464 e. The molecule has 144 valence electrons. The monoisotopic (exact) mass is 406 g/mol. The van der Waals surface area contributed by atoms with Crippen LogP contribution in [0.25, 0.3) is 0 Å². The van der Waals surface area contributed by atoms with Gasteiger partial charge in [0.05, 0.1) is 17.7 Å². The molecule has 0 aliphatic carbocycles. The first-order chi connectivity index (χ1) is 12.6. The van der Waals surface area contributed by atoms with Crippen LogP contribution in [0.3, 0.4) is 0 Å². The van der Waals surface area contributed by atoms with Crippen LogP contribution in [0, 0.1) is 5.82 Å². The SMILES string of the molecule is COC(=O)[C@@](NC(=O)c1ccccc1F)(Nc1ccc(Cl)c[nH+]1)C(F)(F)F. The van der Waals surface area contributed by atoms with Crippen molar-refractivity contribution in [2.24, 2.45) is 0 Å². The Bertz CT molecular complexity index is 846. The summed E-state index contributed by atoms with van der Waals surface area (Å²) < 4.78 is 59.5. The van der Waals surface area contributed by atoms with Crippen molar-refractivity contribution < 1.29 is 36.9 Å². The smallest absolute Gasteiger partial charge is 0.464 e. The molecule has 0 unspecified atom stereocenters. The predicted molar refractivity (Wildman–Crippen MR) is 86.3 cm³/mol. The number of ether oxygens (including phenoxy) is 1. The van der Waals surface area contributed by atoms with Crippen LogP contribution in [0.2, 0.25) is 5.02 Å². The molecule has 1 heterocycles. The van der Waals surface area contributed by atoms with E-state index in [1.165, 1.54) is 23.5 Å². The summed E-state index contributed by atoms with van der Waals surface area (Å²) in [6.07, 6.45) is -4.20. The molecule has 0 saturated carbocycles.